The molecule has 2 N–H and O–H groups in total. The molecule has 0 spiro atoms. The number of carbonyl (C=O) groups excluding carboxylic acids is 1. The Morgan fingerprint density at radius 1 is 1.00 bits per heavy atom. The molecule has 2 aliphatic rings. The third-order valence-electron chi connectivity index (χ3n) is 8.11. The highest BCUT2D eigenvalue weighted by atomic mass is 32.2. The van der Waals surface area contributed by atoms with Gasteiger partial charge in [0.1, 0.15) is 11.5 Å². The molecule has 0 aliphatic carbocycles. The number of ether oxygens (including phenoxy) is 4. The van der Waals surface area contributed by atoms with E-state index in [1.165, 1.54) is 11.9 Å². The number of methoxy groups -OCH3 is 3. The lowest BCUT2D eigenvalue weighted by atomic mass is 9.69. The lowest BCUT2D eigenvalue weighted by molar-refractivity contribution is -0.130. The summed E-state index contributed by atoms with van der Waals surface area (Å²) in [5.41, 5.74) is 1.77. The van der Waals surface area contributed by atoms with Crippen molar-refractivity contribution < 1.29 is 28.2 Å². The monoisotopic (exact) mass is 653 g/mol. The predicted octanol–water partition coefficient (Wildman–Crippen LogP) is 7.34. The fraction of sp³-hybridized carbons (Fsp3) is 0.417. The van der Waals surface area contributed by atoms with Gasteiger partial charge in [-0.2, -0.15) is 0 Å². The lowest BCUT2D eigenvalue weighted by Crippen LogP contribution is -2.47. The van der Waals surface area contributed by atoms with Gasteiger partial charge in [0.25, 0.3) is 0 Å². The van der Waals surface area contributed by atoms with Crippen LogP contribution in [0.5, 0.6) is 23.0 Å². The summed E-state index contributed by atoms with van der Waals surface area (Å²) in [5.74, 6) is 2.78. The van der Waals surface area contributed by atoms with Crippen LogP contribution < -0.4 is 24.2 Å². The summed E-state index contributed by atoms with van der Waals surface area (Å²) in [6.07, 6.45) is 4.18. The fourth-order valence-corrected chi connectivity index (χ4v) is 6.45. The number of benzene rings is 3. The van der Waals surface area contributed by atoms with Crippen molar-refractivity contribution in [3.63, 3.8) is 0 Å². The molecule has 0 bridgehead atoms. The first kappa shape index (κ1) is 36.9. The average molecular weight is 654 g/mol. The number of nitrogens with one attached hydrogen (secondary N) is 2. The number of nitrogens with zero attached hydrogens (tertiary/aromatic N) is 1. The molecule has 46 heavy (non-hydrogen) atoms. The van der Waals surface area contributed by atoms with Gasteiger partial charge >= 0.3 is 0 Å². The Morgan fingerprint density at radius 2 is 1.65 bits per heavy atom. The SMILES string of the molecule is C=C.CNSc1ccc(OC)c(OC)c1.COCCCCC1(CNC(=O)C2CCCN(F)C2)c2ccccc2Oc2ccccc21. The van der Waals surface area contributed by atoms with Crippen molar-refractivity contribution in [3.8, 4) is 23.0 Å². The van der Waals surface area contributed by atoms with Gasteiger partial charge in [0.15, 0.2) is 11.5 Å². The van der Waals surface area contributed by atoms with Gasteiger partial charge in [-0.15, -0.1) is 22.8 Å². The van der Waals surface area contributed by atoms with Crippen molar-refractivity contribution in [2.75, 3.05) is 54.6 Å². The maximum atomic E-state index is 13.7. The number of unbranched alkanes of at least 4 members (excludes halogenated alkanes) is 1. The number of amides is 1. The van der Waals surface area contributed by atoms with Crippen LogP contribution in [0.2, 0.25) is 0 Å². The number of fused-ring (bicyclic) bond motifs is 2. The summed E-state index contributed by atoms with van der Waals surface area (Å²) in [5, 5.41) is 3.94. The van der Waals surface area contributed by atoms with E-state index in [1.54, 1.807) is 21.3 Å². The van der Waals surface area contributed by atoms with Crippen LogP contribution in [-0.4, -0.2) is 65.6 Å². The minimum atomic E-state index is -0.404. The molecule has 2 aliphatic heterocycles. The first-order valence-electron chi connectivity index (χ1n) is 15.6. The molecular weight excluding hydrogens is 605 g/mol. The Morgan fingerprint density at radius 3 is 2.24 bits per heavy atom. The molecule has 10 heteroatoms. The van der Waals surface area contributed by atoms with E-state index < -0.39 is 5.41 Å². The summed E-state index contributed by atoms with van der Waals surface area (Å²) < 4.78 is 38.4. The van der Waals surface area contributed by atoms with Crippen molar-refractivity contribution in [2.24, 2.45) is 5.92 Å². The number of halogens is 1. The maximum Gasteiger partial charge on any atom is 0.224 e. The summed E-state index contributed by atoms with van der Waals surface area (Å²) in [6, 6.07) is 21.9. The van der Waals surface area contributed by atoms with Crippen molar-refractivity contribution >= 4 is 17.9 Å². The molecule has 2 heterocycles. The summed E-state index contributed by atoms with van der Waals surface area (Å²) in [7, 11) is 6.85. The Hall–Kier alpha value is -3.57. The molecule has 0 radical (unpaired) electrons. The topological polar surface area (TPSA) is 81.3 Å². The molecule has 5 rings (SSSR count). The molecular formula is C36H48FN3O5S. The molecule has 1 atom stereocenters. The molecule has 3 aromatic carbocycles. The van der Waals surface area contributed by atoms with Crippen molar-refractivity contribution in [2.45, 2.75) is 42.4 Å². The van der Waals surface area contributed by atoms with Crippen LogP contribution in [0.15, 0.2) is 84.8 Å². The van der Waals surface area contributed by atoms with E-state index in [0.717, 1.165) is 69.8 Å². The number of hydrogen-bond donors (Lipinski definition) is 2. The summed E-state index contributed by atoms with van der Waals surface area (Å²) in [6.45, 7) is 7.74. The number of piperidine rings is 1. The molecule has 8 nitrogen and oxygen atoms in total. The minimum Gasteiger partial charge on any atom is -0.493 e. The van der Waals surface area contributed by atoms with Crippen molar-refractivity contribution in [3.05, 3.63) is 91.0 Å². The van der Waals surface area contributed by atoms with Gasteiger partial charge in [0.2, 0.25) is 5.91 Å². The second-order valence-electron chi connectivity index (χ2n) is 10.9. The van der Waals surface area contributed by atoms with Gasteiger partial charge in [0, 0.05) is 54.8 Å². The Kier molecular flexibility index (Phi) is 15.4. The molecule has 1 fully saturated rings. The van der Waals surface area contributed by atoms with Crippen LogP contribution in [0.4, 0.5) is 4.48 Å². The van der Waals surface area contributed by atoms with E-state index in [2.05, 4.69) is 35.3 Å². The van der Waals surface area contributed by atoms with Crippen LogP contribution in [0.25, 0.3) is 0 Å². The fourth-order valence-electron chi connectivity index (χ4n) is 5.91. The predicted molar refractivity (Wildman–Crippen MR) is 184 cm³/mol. The quantitative estimate of drug-likeness (QED) is 0.0910. The molecule has 3 aromatic rings. The third-order valence-corrected chi connectivity index (χ3v) is 8.80. The molecule has 250 valence electrons. The van der Waals surface area contributed by atoms with Crippen molar-refractivity contribution in [1.82, 2.24) is 15.2 Å². The van der Waals surface area contributed by atoms with Crippen LogP contribution >= 0.6 is 11.9 Å². The van der Waals surface area contributed by atoms with Crippen LogP contribution in [0.3, 0.4) is 0 Å². The smallest absolute Gasteiger partial charge is 0.224 e. The lowest BCUT2D eigenvalue weighted by Gasteiger charge is -2.41. The highest BCUT2D eigenvalue weighted by Gasteiger charge is 2.42. The molecule has 0 aromatic heterocycles. The minimum absolute atomic E-state index is 0.0694. The van der Waals surface area contributed by atoms with Crippen molar-refractivity contribution in [1.29, 1.82) is 0 Å². The van der Waals surface area contributed by atoms with Gasteiger partial charge < -0.3 is 24.3 Å². The standard InChI is InChI=1S/C25H31FN2O3.C9H13NO2S.C2H4/c1-30-16-7-6-14-25(18-27-24(29)19-9-8-15-28(26)17-19)20-10-2-4-12-22(20)31-23-13-5-3-11-21(23)25;1-10-13-7-4-5-8(11-2)9(6-7)12-3;1-2/h2-5,10-13,19H,6-9,14-18H2,1H3,(H,27,29);4-6,10H,1-3H3;1-2H2. The normalized spacial score (nSPS) is 16.2. The largest absolute Gasteiger partial charge is 0.493 e. The van der Waals surface area contributed by atoms with Crippen LogP contribution in [-0.2, 0) is 14.9 Å². The Labute approximate surface area is 277 Å². The second-order valence-corrected chi connectivity index (χ2v) is 12.0. The average Bonchev–Trinajstić information content (AvgIpc) is 3.10. The molecule has 1 saturated heterocycles. The zero-order valence-electron chi connectivity index (χ0n) is 27.5. The third kappa shape index (κ3) is 9.48. The van der Waals surface area contributed by atoms with Crippen LogP contribution in [0, 0.1) is 5.92 Å². The van der Waals surface area contributed by atoms with E-state index >= 15 is 0 Å². The van der Waals surface area contributed by atoms with Gasteiger partial charge in [-0.1, -0.05) is 36.4 Å². The first-order chi connectivity index (χ1) is 22.4. The van der Waals surface area contributed by atoms with E-state index in [0.29, 0.717) is 26.1 Å². The van der Waals surface area contributed by atoms with Gasteiger partial charge in [-0.3, -0.25) is 9.52 Å². The number of para-hydroxylation sites is 2. The maximum absolute atomic E-state index is 13.7. The zero-order chi connectivity index (χ0) is 33.4. The van der Waals surface area contributed by atoms with E-state index in [-0.39, 0.29) is 18.4 Å². The van der Waals surface area contributed by atoms with Gasteiger partial charge in [-0.25, -0.2) is 0 Å². The van der Waals surface area contributed by atoms with Gasteiger partial charge in [-0.05, 0) is 81.4 Å². The zero-order valence-corrected chi connectivity index (χ0v) is 28.3. The van der Waals surface area contributed by atoms with E-state index in [9.17, 15) is 9.28 Å². The summed E-state index contributed by atoms with van der Waals surface area (Å²) >= 11 is 1.54. The van der Waals surface area contributed by atoms with Gasteiger partial charge in [0.05, 0.1) is 20.1 Å². The number of rotatable bonds is 12. The van der Waals surface area contributed by atoms with E-state index in [4.69, 9.17) is 18.9 Å². The Bertz CT molecular complexity index is 1330. The number of carbonyl (C=O) groups is 1. The summed E-state index contributed by atoms with van der Waals surface area (Å²) in [4.78, 5) is 14.1. The first-order valence-corrected chi connectivity index (χ1v) is 16.4. The molecule has 1 unspecified atom stereocenters. The molecule has 1 amide bonds. The highest BCUT2D eigenvalue weighted by Crippen LogP contribution is 2.50. The van der Waals surface area contributed by atoms with Crippen LogP contribution in [0.1, 0.15) is 43.2 Å². The Balaban J connectivity index is 0.000000322. The highest BCUT2D eigenvalue weighted by molar-refractivity contribution is 7.97. The van der Waals surface area contributed by atoms with E-state index in [1.807, 2.05) is 61.6 Å². The second kappa shape index (κ2) is 19.2. The molecule has 0 saturated carbocycles. The number of hydrogen-bond acceptors (Lipinski definition) is 8.